The molecular formula is C26H34N4O5. The fourth-order valence-corrected chi connectivity index (χ4v) is 4.92. The number of ether oxygens (including phenoxy) is 2. The average Bonchev–Trinajstić information content (AvgIpc) is 2.89. The topological polar surface area (TPSA) is 110 Å². The number of aromatic nitrogens is 1. The predicted octanol–water partition coefficient (Wildman–Crippen LogP) is 2.29. The summed E-state index contributed by atoms with van der Waals surface area (Å²) in [5, 5.41) is 6.50. The van der Waals surface area contributed by atoms with Gasteiger partial charge in [0, 0.05) is 37.7 Å². The van der Waals surface area contributed by atoms with Crippen LogP contribution in [0.25, 0.3) is 10.9 Å². The molecule has 1 spiro atoms. The van der Waals surface area contributed by atoms with Crippen LogP contribution < -0.4 is 15.4 Å². The smallest absolute Gasteiger partial charge is 0.254 e. The number of piperidine rings is 1. The first kappa shape index (κ1) is 24.9. The van der Waals surface area contributed by atoms with Crippen molar-refractivity contribution in [2.75, 3.05) is 40.0 Å². The summed E-state index contributed by atoms with van der Waals surface area (Å²) in [6.45, 7) is 4.11. The van der Waals surface area contributed by atoms with Gasteiger partial charge in [0.15, 0.2) is 0 Å². The van der Waals surface area contributed by atoms with Gasteiger partial charge < -0.3 is 25.0 Å². The Morgan fingerprint density at radius 3 is 2.69 bits per heavy atom. The molecule has 0 unspecified atom stereocenters. The van der Waals surface area contributed by atoms with E-state index in [2.05, 4.69) is 15.6 Å². The molecule has 0 bridgehead atoms. The summed E-state index contributed by atoms with van der Waals surface area (Å²) in [5.74, 6) is -0.0292. The first-order valence-electron chi connectivity index (χ1n) is 12.3. The van der Waals surface area contributed by atoms with E-state index in [-0.39, 0.29) is 17.7 Å². The highest BCUT2D eigenvalue weighted by atomic mass is 16.5. The summed E-state index contributed by atoms with van der Waals surface area (Å²) in [4.78, 5) is 45.5. The Labute approximate surface area is 205 Å². The lowest BCUT2D eigenvalue weighted by molar-refractivity contribution is -0.137. The van der Waals surface area contributed by atoms with Gasteiger partial charge in [-0.05, 0) is 38.7 Å². The van der Waals surface area contributed by atoms with Crippen LogP contribution in [0.15, 0.2) is 30.3 Å². The Morgan fingerprint density at radius 1 is 1.14 bits per heavy atom. The molecule has 0 saturated carbocycles. The number of carbonyl (C=O) groups excluding carboxylic acids is 3. The number of hydrogen-bond acceptors (Lipinski definition) is 6. The number of rotatable bonds is 2. The number of amides is 3. The van der Waals surface area contributed by atoms with Crippen LogP contribution in [0, 0.1) is 5.41 Å². The Hall–Kier alpha value is -3.20. The van der Waals surface area contributed by atoms with Gasteiger partial charge in [-0.3, -0.25) is 14.4 Å². The molecule has 35 heavy (non-hydrogen) atoms. The van der Waals surface area contributed by atoms with Crippen molar-refractivity contribution >= 4 is 28.6 Å². The zero-order valence-electron chi connectivity index (χ0n) is 20.5. The molecule has 188 valence electrons. The van der Waals surface area contributed by atoms with Crippen LogP contribution in [0.3, 0.4) is 0 Å². The lowest BCUT2D eigenvalue weighted by Gasteiger charge is -2.41. The Kier molecular flexibility index (Phi) is 7.85. The SMILES string of the molecule is COc1cc(C(=O)N2CCC3(CCCCOCCNC(=O)[C@H](C)NC3=O)CC2)c2ccccc2n1. The fraction of sp³-hybridized carbons (Fsp3) is 0.538. The number of fused-ring (bicyclic) bond motifs is 1. The van der Waals surface area contributed by atoms with Gasteiger partial charge in [-0.1, -0.05) is 24.6 Å². The third-order valence-electron chi connectivity index (χ3n) is 7.10. The summed E-state index contributed by atoms with van der Waals surface area (Å²) in [7, 11) is 1.53. The normalized spacial score (nSPS) is 21.9. The number of carbonyl (C=O) groups is 3. The summed E-state index contributed by atoms with van der Waals surface area (Å²) >= 11 is 0. The van der Waals surface area contributed by atoms with E-state index in [0.717, 1.165) is 18.2 Å². The molecule has 1 atom stereocenters. The number of methoxy groups -OCH3 is 1. The molecule has 0 radical (unpaired) electrons. The molecule has 1 aromatic carbocycles. The molecule has 2 aliphatic heterocycles. The van der Waals surface area contributed by atoms with Gasteiger partial charge in [-0.25, -0.2) is 4.98 Å². The number of likely N-dealkylation sites (tertiary alicyclic amines) is 1. The molecule has 2 N–H and O–H groups in total. The molecule has 2 saturated heterocycles. The van der Waals surface area contributed by atoms with E-state index in [9.17, 15) is 14.4 Å². The second kappa shape index (κ2) is 11.0. The predicted molar refractivity (Wildman–Crippen MR) is 131 cm³/mol. The van der Waals surface area contributed by atoms with Gasteiger partial charge in [-0.15, -0.1) is 0 Å². The molecule has 4 rings (SSSR count). The lowest BCUT2D eigenvalue weighted by Crippen LogP contribution is -2.54. The Balaban J connectivity index is 1.52. The van der Waals surface area contributed by atoms with Crippen LogP contribution in [-0.4, -0.2) is 73.6 Å². The van der Waals surface area contributed by atoms with E-state index < -0.39 is 11.5 Å². The van der Waals surface area contributed by atoms with Crippen LogP contribution in [0.2, 0.25) is 0 Å². The number of hydrogen-bond donors (Lipinski definition) is 2. The number of para-hydroxylation sites is 1. The van der Waals surface area contributed by atoms with Gasteiger partial charge in [0.2, 0.25) is 17.7 Å². The molecule has 0 aliphatic carbocycles. The van der Waals surface area contributed by atoms with E-state index in [4.69, 9.17) is 9.47 Å². The minimum absolute atomic E-state index is 0.0945. The highest BCUT2D eigenvalue weighted by Gasteiger charge is 2.42. The van der Waals surface area contributed by atoms with E-state index in [1.807, 2.05) is 24.3 Å². The van der Waals surface area contributed by atoms with Crippen LogP contribution in [-0.2, 0) is 14.3 Å². The monoisotopic (exact) mass is 482 g/mol. The highest BCUT2D eigenvalue weighted by Crippen LogP contribution is 2.38. The first-order chi connectivity index (χ1) is 16.9. The van der Waals surface area contributed by atoms with Crippen molar-refractivity contribution in [3.8, 4) is 5.88 Å². The Bertz CT molecular complexity index is 1080. The summed E-state index contributed by atoms with van der Waals surface area (Å²) < 4.78 is 10.9. The summed E-state index contributed by atoms with van der Waals surface area (Å²) in [6, 6.07) is 8.56. The largest absolute Gasteiger partial charge is 0.481 e. The van der Waals surface area contributed by atoms with E-state index >= 15 is 0 Å². The third-order valence-corrected chi connectivity index (χ3v) is 7.10. The highest BCUT2D eigenvalue weighted by molar-refractivity contribution is 6.06. The maximum absolute atomic E-state index is 13.5. The molecule has 1 aromatic heterocycles. The maximum atomic E-state index is 13.5. The fourth-order valence-electron chi connectivity index (χ4n) is 4.92. The molecule has 2 aromatic rings. The van der Waals surface area contributed by atoms with Gasteiger partial charge >= 0.3 is 0 Å². The molecule has 9 heteroatoms. The summed E-state index contributed by atoms with van der Waals surface area (Å²) in [5.41, 5.74) is 0.634. The van der Waals surface area contributed by atoms with E-state index in [0.29, 0.717) is 69.1 Å². The number of nitrogens with zero attached hydrogens (tertiary/aromatic N) is 2. The van der Waals surface area contributed by atoms with Crippen molar-refractivity contribution in [3.63, 3.8) is 0 Å². The summed E-state index contributed by atoms with van der Waals surface area (Å²) in [6.07, 6.45) is 3.48. The van der Waals surface area contributed by atoms with E-state index in [1.165, 1.54) is 7.11 Å². The van der Waals surface area contributed by atoms with Gasteiger partial charge in [0.05, 0.1) is 30.2 Å². The zero-order chi connectivity index (χ0) is 24.8. The van der Waals surface area contributed by atoms with Crippen LogP contribution in [0.5, 0.6) is 5.88 Å². The van der Waals surface area contributed by atoms with Crippen molar-refractivity contribution in [2.24, 2.45) is 5.41 Å². The maximum Gasteiger partial charge on any atom is 0.254 e. The number of nitrogens with one attached hydrogen (secondary N) is 2. The van der Waals surface area contributed by atoms with Crippen LogP contribution in [0.4, 0.5) is 0 Å². The second-order valence-corrected chi connectivity index (χ2v) is 9.36. The third kappa shape index (κ3) is 5.56. The van der Waals surface area contributed by atoms with Gasteiger partial charge in [0.1, 0.15) is 6.04 Å². The van der Waals surface area contributed by atoms with Gasteiger partial charge in [-0.2, -0.15) is 0 Å². The number of pyridine rings is 1. The molecule has 2 aliphatic rings. The average molecular weight is 483 g/mol. The van der Waals surface area contributed by atoms with Crippen LogP contribution in [0.1, 0.15) is 49.4 Å². The molecule has 9 nitrogen and oxygen atoms in total. The molecule has 3 amide bonds. The zero-order valence-corrected chi connectivity index (χ0v) is 20.5. The van der Waals surface area contributed by atoms with Crippen LogP contribution >= 0.6 is 0 Å². The second-order valence-electron chi connectivity index (χ2n) is 9.36. The van der Waals surface area contributed by atoms with Crippen molar-refractivity contribution in [1.29, 1.82) is 0 Å². The molecule has 2 fully saturated rings. The molecular weight excluding hydrogens is 448 g/mol. The lowest BCUT2D eigenvalue weighted by atomic mass is 9.73. The Morgan fingerprint density at radius 2 is 1.91 bits per heavy atom. The van der Waals surface area contributed by atoms with Crippen molar-refractivity contribution in [3.05, 3.63) is 35.9 Å². The minimum Gasteiger partial charge on any atom is -0.481 e. The van der Waals surface area contributed by atoms with Crippen molar-refractivity contribution in [2.45, 2.75) is 45.1 Å². The quantitative estimate of drug-likeness (QED) is 0.680. The number of benzene rings is 1. The first-order valence-corrected chi connectivity index (χ1v) is 12.3. The van der Waals surface area contributed by atoms with E-state index in [1.54, 1.807) is 17.9 Å². The molecule has 3 heterocycles. The van der Waals surface area contributed by atoms with Crippen molar-refractivity contribution < 1.29 is 23.9 Å². The van der Waals surface area contributed by atoms with Gasteiger partial charge in [0.25, 0.3) is 5.91 Å². The standard InChI is InChI=1S/C26H34N4O5/c1-18-23(31)27-12-16-35-15-6-5-9-26(25(33)28-18)10-13-30(14-11-26)24(32)20-17-22(34-2)29-21-8-4-3-7-19(20)21/h3-4,7-8,17-18H,5-6,9-16H2,1-2H3,(H,27,31)(H,28,33)/t18-/m0/s1. The van der Waals surface area contributed by atoms with Crippen molar-refractivity contribution in [1.82, 2.24) is 20.5 Å². The minimum atomic E-state index is -0.629.